The molecule has 0 unspecified atom stereocenters. The molecule has 2 heterocycles. The summed E-state index contributed by atoms with van der Waals surface area (Å²) in [4.78, 5) is 9.42. The van der Waals surface area contributed by atoms with Crippen LogP contribution in [0.3, 0.4) is 0 Å². The van der Waals surface area contributed by atoms with E-state index in [4.69, 9.17) is 4.98 Å². The molecular formula is C23H17N3S. The predicted molar refractivity (Wildman–Crippen MR) is 114 cm³/mol. The van der Waals surface area contributed by atoms with Gasteiger partial charge in [0.2, 0.25) is 0 Å². The molecule has 3 aromatic carbocycles. The summed E-state index contributed by atoms with van der Waals surface area (Å²) in [6.07, 6.45) is 4.18. The van der Waals surface area contributed by atoms with Crippen molar-refractivity contribution in [3.8, 4) is 5.69 Å². The van der Waals surface area contributed by atoms with Crippen molar-refractivity contribution in [2.45, 2.75) is 6.92 Å². The van der Waals surface area contributed by atoms with Crippen molar-refractivity contribution in [3.63, 3.8) is 0 Å². The van der Waals surface area contributed by atoms with Gasteiger partial charge in [-0.3, -0.25) is 4.57 Å². The first-order valence-corrected chi connectivity index (χ1v) is 9.68. The number of fused-ring (bicyclic) bond motifs is 2. The second-order valence-corrected chi connectivity index (χ2v) is 7.49. The quantitative estimate of drug-likeness (QED) is 0.385. The molecule has 2 aromatic heterocycles. The number of benzene rings is 3. The van der Waals surface area contributed by atoms with Crippen molar-refractivity contribution >= 4 is 44.7 Å². The lowest BCUT2D eigenvalue weighted by Crippen LogP contribution is -1.95. The summed E-state index contributed by atoms with van der Waals surface area (Å²) < 4.78 is 3.40. The van der Waals surface area contributed by atoms with Gasteiger partial charge in [0.05, 0.1) is 21.3 Å². The van der Waals surface area contributed by atoms with Crippen LogP contribution in [0.1, 0.15) is 16.4 Å². The van der Waals surface area contributed by atoms with Crippen molar-refractivity contribution < 1.29 is 0 Å². The normalized spacial score (nSPS) is 11.7. The molecule has 0 atom stereocenters. The van der Waals surface area contributed by atoms with Gasteiger partial charge in [-0.25, -0.2) is 9.97 Å². The molecule has 0 spiro atoms. The fraction of sp³-hybridized carbons (Fsp3) is 0.0435. The largest absolute Gasteiger partial charge is 0.297 e. The molecule has 0 aliphatic carbocycles. The molecule has 5 aromatic rings. The maximum absolute atomic E-state index is 4.76. The highest BCUT2D eigenvalue weighted by atomic mass is 32.1. The Hall–Kier alpha value is -3.24. The zero-order valence-corrected chi connectivity index (χ0v) is 15.6. The van der Waals surface area contributed by atoms with Crippen LogP contribution < -0.4 is 0 Å². The highest BCUT2D eigenvalue weighted by molar-refractivity contribution is 7.19. The smallest absolute Gasteiger partial charge is 0.117 e. The molecule has 130 valence electrons. The van der Waals surface area contributed by atoms with Crippen LogP contribution in [0, 0.1) is 6.92 Å². The summed E-state index contributed by atoms with van der Waals surface area (Å²) in [5, 5.41) is 1.02. The number of thiazole rings is 1. The minimum Gasteiger partial charge on any atom is -0.297 e. The molecule has 0 radical (unpaired) electrons. The Labute approximate surface area is 161 Å². The molecule has 0 N–H and O–H groups in total. The highest BCUT2D eigenvalue weighted by Gasteiger charge is 2.09. The van der Waals surface area contributed by atoms with E-state index in [1.54, 1.807) is 11.3 Å². The topological polar surface area (TPSA) is 30.7 Å². The first-order chi connectivity index (χ1) is 13.3. The van der Waals surface area contributed by atoms with Crippen LogP contribution in [-0.4, -0.2) is 14.5 Å². The summed E-state index contributed by atoms with van der Waals surface area (Å²) in [6, 6.07) is 25.0. The van der Waals surface area contributed by atoms with Crippen molar-refractivity contribution in [1.29, 1.82) is 0 Å². The maximum Gasteiger partial charge on any atom is 0.117 e. The summed E-state index contributed by atoms with van der Waals surface area (Å²) >= 11 is 1.71. The molecule has 0 fully saturated rings. The lowest BCUT2D eigenvalue weighted by molar-refractivity contribution is 1.00. The second-order valence-electron chi connectivity index (χ2n) is 6.43. The van der Waals surface area contributed by atoms with Crippen molar-refractivity contribution in [2.75, 3.05) is 0 Å². The van der Waals surface area contributed by atoms with Gasteiger partial charge in [-0.2, -0.15) is 0 Å². The summed E-state index contributed by atoms with van der Waals surface area (Å²) in [6.45, 7) is 2.05. The zero-order chi connectivity index (χ0) is 18.2. The van der Waals surface area contributed by atoms with E-state index in [9.17, 15) is 0 Å². The monoisotopic (exact) mass is 367 g/mol. The van der Waals surface area contributed by atoms with Crippen LogP contribution >= 0.6 is 11.3 Å². The summed E-state index contributed by atoms with van der Waals surface area (Å²) in [5.74, 6) is 0.989. The standard InChI is InChI=1S/C23H17N3S/c1-16-24-20-15-17(11-13-21(20)26(16)18-7-3-2-4-8-18)12-14-23-25-19-9-5-6-10-22(19)27-23/h2-15H,1H3/b14-12+. The van der Waals surface area contributed by atoms with Crippen LogP contribution in [0.15, 0.2) is 72.8 Å². The third kappa shape index (κ3) is 2.94. The van der Waals surface area contributed by atoms with Crippen molar-refractivity contribution in [2.24, 2.45) is 0 Å². The van der Waals surface area contributed by atoms with Gasteiger partial charge in [-0.05, 0) is 55.0 Å². The Morgan fingerprint density at radius 3 is 2.48 bits per heavy atom. The number of nitrogens with zero attached hydrogens (tertiary/aromatic N) is 3. The fourth-order valence-electron chi connectivity index (χ4n) is 3.35. The Balaban J connectivity index is 1.51. The van der Waals surface area contributed by atoms with Gasteiger partial charge in [0.15, 0.2) is 0 Å². The number of hydrogen-bond donors (Lipinski definition) is 0. The third-order valence-corrected chi connectivity index (χ3v) is 5.59. The minimum atomic E-state index is 0.989. The number of hydrogen-bond acceptors (Lipinski definition) is 3. The molecule has 27 heavy (non-hydrogen) atoms. The molecule has 0 saturated carbocycles. The van der Waals surface area contributed by atoms with Gasteiger partial charge in [0, 0.05) is 5.69 Å². The molecule has 0 amide bonds. The van der Waals surface area contributed by atoms with E-state index < -0.39 is 0 Å². The van der Waals surface area contributed by atoms with E-state index in [1.807, 2.05) is 31.2 Å². The van der Waals surface area contributed by atoms with Crippen molar-refractivity contribution in [1.82, 2.24) is 14.5 Å². The average molecular weight is 367 g/mol. The fourth-order valence-corrected chi connectivity index (χ4v) is 4.22. The van der Waals surface area contributed by atoms with Gasteiger partial charge < -0.3 is 0 Å². The van der Waals surface area contributed by atoms with E-state index in [-0.39, 0.29) is 0 Å². The van der Waals surface area contributed by atoms with Crippen LogP contribution in [0.5, 0.6) is 0 Å². The van der Waals surface area contributed by atoms with E-state index in [1.165, 1.54) is 4.70 Å². The molecule has 3 nitrogen and oxygen atoms in total. The summed E-state index contributed by atoms with van der Waals surface area (Å²) in [5.41, 5.74) is 5.43. The molecule has 0 bridgehead atoms. The molecule has 4 heteroatoms. The van der Waals surface area contributed by atoms with Crippen LogP contribution in [0.2, 0.25) is 0 Å². The first-order valence-electron chi connectivity index (χ1n) is 8.86. The molecule has 0 aliphatic heterocycles. The number of para-hydroxylation sites is 2. The third-order valence-electron chi connectivity index (χ3n) is 4.59. The first kappa shape index (κ1) is 16.0. The highest BCUT2D eigenvalue weighted by Crippen LogP contribution is 2.25. The molecule has 0 saturated heterocycles. The number of aryl methyl sites for hydroxylation is 1. The second kappa shape index (κ2) is 6.49. The average Bonchev–Trinajstić information content (AvgIpc) is 3.26. The van der Waals surface area contributed by atoms with Crippen LogP contribution in [0.25, 0.3) is 39.1 Å². The van der Waals surface area contributed by atoms with Crippen LogP contribution in [0.4, 0.5) is 0 Å². The molecule has 5 rings (SSSR count). The zero-order valence-electron chi connectivity index (χ0n) is 14.8. The van der Waals surface area contributed by atoms with Crippen LogP contribution in [-0.2, 0) is 0 Å². The Bertz CT molecular complexity index is 1250. The van der Waals surface area contributed by atoms with Gasteiger partial charge in [-0.15, -0.1) is 11.3 Å². The number of rotatable bonds is 3. The lowest BCUT2D eigenvalue weighted by atomic mass is 10.2. The van der Waals surface area contributed by atoms with E-state index in [0.29, 0.717) is 0 Å². The van der Waals surface area contributed by atoms with Crippen molar-refractivity contribution in [3.05, 3.63) is 89.2 Å². The van der Waals surface area contributed by atoms with Gasteiger partial charge in [-0.1, -0.05) is 42.5 Å². The number of aromatic nitrogens is 3. The lowest BCUT2D eigenvalue weighted by Gasteiger charge is -2.06. The SMILES string of the molecule is Cc1nc2cc(/C=C/c3nc4ccccc4s3)ccc2n1-c1ccccc1. The Morgan fingerprint density at radius 2 is 1.63 bits per heavy atom. The number of imidazole rings is 1. The van der Waals surface area contributed by atoms with E-state index in [0.717, 1.165) is 38.6 Å². The van der Waals surface area contributed by atoms with Gasteiger partial charge in [0.25, 0.3) is 0 Å². The maximum atomic E-state index is 4.76. The Kier molecular flexibility index (Phi) is 3.84. The summed E-state index contributed by atoms with van der Waals surface area (Å²) in [7, 11) is 0. The Morgan fingerprint density at radius 1 is 0.815 bits per heavy atom. The van der Waals surface area contributed by atoms with E-state index in [2.05, 4.69) is 70.2 Å². The van der Waals surface area contributed by atoms with Gasteiger partial charge in [0.1, 0.15) is 10.8 Å². The van der Waals surface area contributed by atoms with E-state index >= 15 is 0 Å². The predicted octanol–water partition coefficient (Wildman–Crippen LogP) is 6.11. The van der Waals surface area contributed by atoms with Gasteiger partial charge >= 0.3 is 0 Å². The molecule has 0 aliphatic rings. The molecular weight excluding hydrogens is 350 g/mol. The minimum absolute atomic E-state index is 0.989.